The van der Waals surface area contributed by atoms with Gasteiger partial charge in [-0.1, -0.05) is 12.1 Å². The lowest BCUT2D eigenvalue weighted by Gasteiger charge is -2.07. The molecule has 0 aliphatic rings. The van der Waals surface area contributed by atoms with E-state index in [0.717, 1.165) is 30.9 Å². The molecule has 0 saturated heterocycles. The van der Waals surface area contributed by atoms with Crippen molar-refractivity contribution in [1.29, 1.82) is 0 Å². The van der Waals surface area contributed by atoms with Gasteiger partial charge in [0.2, 0.25) is 5.95 Å². The first-order valence-corrected chi connectivity index (χ1v) is 6.26. The monoisotopic (exact) mass is 258 g/mol. The smallest absolute Gasteiger partial charge is 0.222 e. The summed E-state index contributed by atoms with van der Waals surface area (Å²) in [5, 5.41) is 12.4. The van der Waals surface area contributed by atoms with E-state index in [1.807, 2.05) is 25.1 Å². The van der Waals surface area contributed by atoms with Crippen molar-refractivity contribution >= 4 is 11.8 Å². The highest BCUT2D eigenvalue weighted by molar-refractivity contribution is 5.40. The molecule has 0 atom stereocenters. The van der Waals surface area contributed by atoms with Crippen molar-refractivity contribution in [3.8, 4) is 5.75 Å². The molecule has 0 unspecified atom stereocenters. The van der Waals surface area contributed by atoms with Crippen molar-refractivity contribution in [2.24, 2.45) is 0 Å². The molecule has 0 bridgehead atoms. The molecule has 2 rings (SSSR count). The maximum Gasteiger partial charge on any atom is 0.222 e. The number of aromatic nitrogens is 2. The predicted molar refractivity (Wildman–Crippen MR) is 76.1 cm³/mol. The minimum atomic E-state index is 0.293. The number of hydrogen-bond donors (Lipinski definition) is 3. The summed E-state index contributed by atoms with van der Waals surface area (Å²) in [6.07, 6.45) is 1.93. The second kappa shape index (κ2) is 6.04. The van der Waals surface area contributed by atoms with Gasteiger partial charge >= 0.3 is 0 Å². The quantitative estimate of drug-likeness (QED) is 0.715. The SMILES string of the molecule is Cc1cc(NCCCc2ccc(O)cc2)nc(N)n1. The Morgan fingerprint density at radius 2 is 1.95 bits per heavy atom. The molecule has 19 heavy (non-hydrogen) atoms. The van der Waals surface area contributed by atoms with Gasteiger partial charge in [0.05, 0.1) is 0 Å². The summed E-state index contributed by atoms with van der Waals surface area (Å²) in [5.41, 5.74) is 7.64. The number of nitrogens with zero attached hydrogens (tertiary/aromatic N) is 2. The second-order valence-corrected chi connectivity index (χ2v) is 4.45. The van der Waals surface area contributed by atoms with Crippen LogP contribution in [0.5, 0.6) is 5.75 Å². The standard InChI is InChI=1S/C14H18N4O/c1-10-9-13(18-14(15)17-10)16-8-2-3-11-4-6-12(19)7-5-11/h4-7,9,19H,2-3,8H2,1H3,(H3,15,16,17,18). The zero-order valence-electron chi connectivity index (χ0n) is 10.9. The summed E-state index contributed by atoms with van der Waals surface area (Å²) in [4.78, 5) is 8.13. The van der Waals surface area contributed by atoms with E-state index in [9.17, 15) is 5.11 Å². The molecule has 0 spiro atoms. The fraction of sp³-hybridized carbons (Fsp3) is 0.286. The Balaban J connectivity index is 1.79. The fourth-order valence-electron chi connectivity index (χ4n) is 1.85. The summed E-state index contributed by atoms with van der Waals surface area (Å²) in [7, 11) is 0. The Morgan fingerprint density at radius 3 is 2.63 bits per heavy atom. The van der Waals surface area contributed by atoms with E-state index in [1.54, 1.807) is 12.1 Å². The third kappa shape index (κ3) is 4.13. The first-order valence-electron chi connectivity index (χ1n) is 6.26. The fourth-order valence-corrected chi connectivity index (χ4v) is 1.85. The number of anilines is 2. The van der Waals surface area contributed by atoms with Crippen LogP contribution in [0, 0.1) is 6.92 Å². The van der Waals surface area contributed by atoms with Crippen LogP contribution in [-0.2, 0) is 6.42 Å². The zero-order chi connectivity index (χ0) is 13.7. The number of nitrogens with two attached hydrogens (primary N) is 1. The highest BCUT2D eigenvalue weighted by atomic mass is 16.3. The average Bonchev–Trinajstić information content (AvgIpc) is 2.36. The van der Waals surface area contributed by atoms with E-state index in [-0.39, 0.29) is 0 Å². The molecular formula is C14H18N4O. The zero-order valence-corrected chi connectivity index (χ0v) is 10.9. The molecule has 2 aromatic rings. The lowest BCUT2D eigenvalue weighted by atomic mass is 10.1. The van der Waals surface area contributed by atoms with Gasteiger partial charge in [-0.3, -0.25) is 0 Å². The van der Waals surface area contributed by atoms with Crippen LogP contribution in [0.25, 0.3) is 0 Å². The number of phenols is 1. The molecule has 100 valence electrons. The van der Waals surface area contributed by atoms with Crippen molar-refractivity contribution < 1.29 is 5.11 Å². The first kappa shape index (κ1) is 13.1. The number of nitrogens with one attached hydrogen (secondary N) is 1. The van der Waals surface area contributed by atoms with Crippen molar-refractivity contribution in [3.05, 3.63) is 41.6 Å². The number of aryl methyl sites for hydroxylation is 2. The molecule has 0 aliphatic heterocycles. The van der Waals surface area contributed by atoms with Crippen LogP contribution in [0.2, 0.25) is 0 Å². The summed E-state index contributed by atoms with van der Waals surface area (Å²) < 4.78 is 0. The molecule has 0 amide bonds. The van der Waals surface area contributed by atoms with Crippen molar-refractivity contribution in [3.63, 3.8) is 0 Å². The van der Waals surface area contributed by atoms with Gasteiger partial charge < -0.3 is 16.2 Å². The van der Waals surface area contributed by atoms with Crippen LogP contribution >= 0.6 is 0 Å². The summed E-state index contributed by atoms with van der Waals surface area (Å²) in [6.45, 7) is 2.70. The molecule has 0 saturated carbocycles. The highest BCUT2D eigenvalue weighted by Gasteiger charge is 1.99. The van der Waals surface area contributed by atoms with E-state index < -0.39 is 0 Å². The molecule has 5 heteroatoms. The van der Waals surface area contributed by atoms with Crippen LogP contribution in [-0.4, -0.2) is 21.6 Å². The van der Waals surface area contributed by atoms with Gasteiger partial charge in [-0.05, 0) is 37.5 Å². The van der Waals surface area contributed by atoms with E-state index in [4.69, 9.17) is 5.73 Å². The van der Waals surface area contributed by atoms with Gasteiger partial charge in [0.1, 0.15) is 11.6 Å². The number of nitrogen functional groups attached to an aromatic ring is 1. The van der Waals surface area contributed by atoms with Gasteiger partial charge in [-0.2, -0.15) is 4.98 Å². The van der Waals surface area contributed by atoms with Crippen LogP contribution in [0.15, 0.2) is 30.3 Å². The van der Waals surface area contributed by atoms with E-state index >= 15 is 0 Å². The Labute approximate surface area is 112 Å². The van der Waals surface area contributed by atoms with Gasteiger partial charge in [-0.25, -0.2) is 4.98 Å². The van der Waals surface area contributed by atoms with Crippen LogP contribution in [0.4, 0.5) is 11.8 Å². The third-order valence-corrected chi connectivity index (χ3v) is 2.76. The van der Waals surface area contributed by atoms with E-state index in [0.29, 0.717) is 11.7 Å². The molecule has 1 heterocycles. The average molecular weight is 258 g/mol. The molecule has 0 fully saturated rings. The molecule has 4 N–H and O–H groups in total. The molecule has 5 nitrogen and oxygen atoms in total. The number of rotatable bonds is 5. The number of benzene rings is 1. The Bertz CT molecular complexity index is 519. The minimum absolute atomic E-state index is 0.293. The molecule has 0 aliphatic carbocycles. The third-order valence-electron chi connectivity index (χ3n) is 2.76. The normalized spacial score (nSPS) is 10.4. The minimum Gasteiger partial charge on any atom is -0.508 e. The van der Waals surface area contributed by atoms with Crippen LogP contribution in [0.1, 0.15) is 17.7 Å². The van der Waals surface area contributed by atoms with Gasteiger partial charge in [0.25, 0.3) is 0 Å². The molecule has 0 radical (unpaired) electrons. The van der Waals surface area contributed by atoms with Crippen molar-refractivity contribution in [2.45, 2.75) is 19.8 Å². The lowest BCUT2D eigenvalue weighted by molar-refractivity contribution is 0.475. The topological polar surface area (TPSA) is 84.1 Å². The number of phenolic OH excluding ortho intramolecular Hbond substituents is 1. The Kier molecular flexibility index (Phi) is 4.18. The summed E-state index contributed by atoms with van der Waals surface area (Å²) in [6, 6.07) is 9.15. The summed E-state index contributed by atoms with van der Waals surface area (Å²) in [5.74, 6) is 1.35. The second-order valence-electron chi connectivity index (χ2n) is 4.45. The largest absolute Gasteiger partial charge is 0.508 e. The molecule has 1 aromatic carbocycles. The van der Waals surface area contributed by atoms with Gasteiger partial charge in [0.15, 0.2) is 0 Å². The number of hydrogen-bond acceptors (Lipinski definition) is 5. The maximum atomic E-state index is 9.19. The highest BCUT2D eigenvalue weighted by Crippen LogP contribution is 2.11. The van der Waals surface area contributed by atoms with Crippen LogP contribution in [0.3, 0.4) is 0 Å². The number of aromatic hydroxyl groups is 1. The van der Waals surface area contributed by atoms with E-state index in [2.05, 4.69) is 15.3 Å². The van der Waals surface area contributed by atoms with Gasteiger partial charge in [-0.15, -0.1) is 0 Å². The maximum absolute atomic E-state index is 9.19. The molecule has 1 aromatic heterocycles. The Morgan fingerprint density at radius 1 is 1.21 bits per heavy atom. The first-order chi connectivity index (χ1) is 9.13. The van der Waals surface area contributed by atoms with Gasteiger partial charge in [0, 0.05) is 18.3 Å². The summed E-state index contributed by atoms with van der Waals surface area (Å²) >= 11 is 0. The molecular weight excluding hydrogens is 240 g/mol. The van der Waals surface area contributed by atoms with Crippen LogP contribution < -0.4 is 11.1 Å². The lowest BCUT2D eigenvalue weighted by Crippen LogP contribution is -2.07. The Hall–Kier alpha value is -2.30. The van der Waals surface area contributed by atoms with Crippen molar-refractivity contribution in [1.82, 2.24) is 9.97 Å². The van der Waals surface area contributed by atoms with Crippen molar-refractivity contribution in [2.75, 3.05) is 17.6 Å². The predicted octanol–water partition coefficient (Wildman–Crippen LogP) is 2.12. The van der Waals surface area contributed by atoms with E-state index in [1.165, 1.54) is 5.56 Å².